The van der Waals surface area contributed by atoms with E-state index in [4.69, 9.17) is 4.42 Å². The van der Waals surface area contributed by atoms with Gasteiger partial charge >= 0.3 is 5.69 Å². The SMILES string of the molecule is Cc1nn(C(C)c2ncc(C(C)(C)C)o2)c(C)c1[N+](=O)[O-]. The monoisotopic (exact) mass is 292 g/mol. The summed E-state index contributed by atoms with van der Waals surface area (Å²) in [5, 5.41) is 15.3. The van der Waals surface area contributed by atoms with Gasteiger partial charge in [0.2, 0.25) is 5.89 Å². The maximum atomic E-state index is 11.1. The van der Waals surface area contributed by atoms with Crippen LogP contribution in [0.4, 0.5) is 5.69 Å². The molecular formula is C14H20N4O3. The Morgan fingerprint density at radius 3 is 2.43 bits per heavy atom. The van der Waals surface area contributed by atoms with Crippen molar-refractivity contribution in [2.45, 2.75) is 53.0 Å². The van der Waals surface area contributed by atoms with E-state index in [9.17, 15) is 10.1 Å². The van der Waals surface area contributed by atoms with Crippen LogP contribution in [-0.2, 0) is 5.41 Å². The van der Waals surface area contributed by atoms with Crippen molar-refractivity contribution in [3.63, 3.8) is 0 Å². The highest BCUT2D eigenvalue weighted by Gasteiger charge is 2.27. The summed E-state index contributed by atoms with van der Waals surface area (Å²) in [6, 6.07) is -0.298. The van der Waals surface area contributed by atoms with Gasteiger partial charge in [0.1, 0.15) is 23.2 Å². The second-order valence-corrected chi connectivity index (χ2v) is 6.21. The molecule has 0 aromatic carbocycles. The fraction of sp³-hybridized carbons (Fsp3) is 0.571. The molecule has 1 unspecified atom stereocenters. The van der Waals surface area contributed by atoms with Crippen molar-refractivity contribution in [1.82, 2.24) is 14.8 Å². The van der Waals surface area contributed by atoms with Crippen LogP contribution in [0.2, 0.25) is 0 Å². The summed E-state index contributed by atoms with van der Waals surface area (Å²) < 4.78 is 7.38. The van der Waals surface area contributed by atoms with E-state index in [-0.39, 0.29) is 17.1 Å². The highest BCUT2D eigenvalue weighted by atomic mass is 16.6. The van der Waals surface area contributed by atoms with Gasteiger partial charge in [-0.05, 0) is 20.8 Å². The van der Waals surface area contributed by atoms with Gasteiger partial charge < -0.3 is 4.42 Å². The Balaban J connectivity index is 2.41. The van der Waals surface area contributed by atoms with Crippen molar-refractivity contribution in [3.05, 3.63) is 39.3 Å². The predicted octanol–water partition coefficient (Wildman–Crippen LogP) is 3.30. The summed E-state index contributed by atoms with van der Waals surface area (Å²) in [6.07, 6.45) is 1.70. The van der Waals surface area contributed by atoms with Crippen LogP contribution in [0.15, 0.2) is 10.6 Å². The Kier molecular flexibility index (Phi) is 3.61. The van der Waals surface area contributed by atoms with Crippen LogP contribution in [0.25, 0.3) is 0 Å². The molecule has 2 rings (SSSR count). The summed E-state index contributed by atoms with van der Waals surface area (Å²) in [5.41, 5.74) is 0.809. The van der Waals surface area contributed by atoms with E-state index in [0.717, 1.165) is 5.76 Å². The summed E-state index contributed by atoms with van der Waals surface area (Å²) in [5.74, 6) is 1.28. The zero-order valence-electron chi connectivity index (χ0n) is 13.2. The van der Waals surface area contributed by atoms with Crippen LogP contribution in [0.5, 0.6) is 0 Å². The van der Waals surface area contributed by atoms with Gasteiger partial charge in [0.25, 0.3) is 0 Å². The van der Waals surface area contributed by atoms with E-state index in [0.29, 0.717) is 17.3 Å². The van der Waals surface area contributed by atoms with Gasteiger partial charge in [0.05, 0.1) is 11.1 Å². The third kappa shape index (κ3) is 2.68. The van der Waals surface area contributed by atoms with Crippen molar-refractivity contribution < 1.29 is 9.34 Å². The Morgan fingerprint density at radius 1 is 1.38 bits per heavy atom. The van der Waals surface area contributed by atoms with Gasteiger partial charge in [-0.25, -0.2) is 4.98 Å². The first-order valence-corrected chi connectivity index (χ1v) is 6.79. The van der Waals surface area contributed by atoms with E-state index >= 15 is 0 Å². The lowest BCUT2D eigenvalue weighted by molar-refractivity contribution is -0.386. The summed E-state index contributed by atoms with van der Waals surface area (Å²) in [6.45, 7) is 11.3. The zero-order valence-corrected chi connectivity index (χ0v) is 13.2. The smallest absolute Gasteiger partial charge is 0.312 e. The molecule has 0 N–H and O–H groups in total. The molecule has 2 heterocycles. The quantitative estimate of drug-likeness (QED) is 0.639. The zero-order chi connectivity index (χ0) is 15.9. The number of aromatic nitrogens is 3. The van der Waals surface area contributed by atoms with Gasteiger partial charge in [-0.3, -0.25) is 14.8 Å². The molecule has 2 aromatic rings. The van der Waals surface area contributed by atoms with Crippen molar-refractivity contribution >= 4 is 5.69 Å². The molecular weight excluding hydrogens is 272 g/mol. The second-order valence-electron chi connectivity index (χ2n) is 6.21. The molecule has 0 aliphatic heterocycles. The number of oxazole rings is 1. The molecule has 114 valence electrons. The Hall–Kier alpha value is -2.18. The molecule has 1 atom stereocenters. The van der Waals surface area contributed by atoms with E-state index in [1.54, 1.807) is 24.7 Å². The van der Waals surface area contributed by atoms with Crippen molar-refractivity contribution in [1.29, 1.82) is 0 Å². The van der Waals surface area contributed by atoms with Gasteiger partial charge in [-0.15, -0.1) is 0 Å². The van der Waals surface area contributed by atoms with Crippen molar-refractivity contribution in [3.8, 4) is 0 Å². The van der Waals surface area contributed by atoms with E-state index in [1.807, 2.05) is 27.7 Å². The lowest BCUT2D eigenvalue weighted by Crippen LogP contribution is -2.12. The molecule has 0 aliphatic carbocycles. The molecule has 0 spiro atoms. The summed E-state index contributed by atoms with van der Waals surface area (Å²) in [4.78, 5) is 14.9. The highest BCUT2D eigenvalue weighted by molar-refractivity contribution is 5.40. The largest absolute Gasteiger partial charge is 0.443 e. The fourth-order valence-corrected chi connectivity index (χ4v) is 2.23. The Labute approximate surface area is 123 Å². The molecule has 0 saturated carbocycles. The number of nitrogens with zero attached hydrogens (tertiary/aromatic N) is 4. The number of nitro groups is 1. The molecule has 0 amide bonds. The molecule has 0 saturated heterocycles. The van der Waals surface area contributed by atoms with Gasteiger partial charge in [0, 0.05) is 5.41 Å². The third-order valence-corrected chi connectivity index (χ3v) is 3.46. The maximum Gasteiger partial charge on any atom is 0.312 e. The second kappa shape index (κ2) is 4.98. The first-order chi connectivity index (χ1) is 9.62. The molecule has 7 heteroatoms. The normalized spacial score (nSPS) is 13.4. The minimum absolute atomic E-state index is 0.0458. The van der Waals surface area contributed by atoms with Gasteiger partial charge in [-0.1, -0.05) is 20.8 Å². The van der Waals surface area contributed by atoms with E-state index in [1.165, 1.54) is 0 Å². The van der Waals surface area contributed by atoms with Crippen LogP contribution in [0, 0.1) is 24.0 Å². The minimum atomic E-state index is -0.406. The van der Waals surface area contributed by atoms with Gasteiger partial charge in [-0.2, -0.15) is 5.10 Å². The number of hydrogen-bond acceptors (Lipinski definition) is 5. The summed E-state index contributed by atoms with van der Waals surface area (Å²) in [7, 11) is 0. The van der Waals surface area contributed by atoms with Crippen LogP contribution < -0.4 is 0 Å². The number of hydrogen-bond donors (Lipinski definition) is 0. The molecule has 0 radical (unpaired) electrons. The molecule has 0 aliphatic rings. The van der Waals surface area contributed by atoms with Crippen LogP contribution >= 0.6 is 0 Å². The molecule has 2 aromatic heterocycles. The first-order valence-electron chi connectivity index (χ1n) is 6.79. The molecule has 0 bridgehead atoms. The third-order valence-electron chi connectivity index (χ3n) is 3.46. The van der Waals surface area contributed by atoms with Gasteiger partial charge in [0.15, 0.2) is 0 Å². The van der Waals surface area contributed by atoms with E-state index < -0.39 is 4.92 Å². The number of aryl methyl sites for hydroxylation is 1. The Bertz CT molecular complexity index is 679. The van der Waals surface area contributed by atoms with Crippen molar-refractivity contribution in [2.24, 2.45) is 0 Å². The van der Waals surface area contributed by atoms with Crippen LogP contribution in [0.3, 0.4) is 0 Å². The average molecular weight is 292 g/mol. The summed E-state index contributed by atoms with van der Waals surface area (Å²) >= 11 is 0. The topological polar surface area (TPSA) is 87.0 Å². The average Bonchev–Trinajstić information content (AvgIpc) is 2.92. The van der Waals surface area contributed by atoms with E-state index in [2.05, 4.69) is 10.1 Å². The molecule has 0 fully saturated rings. The molecule has 21 heavy (non-hydrogen) atoms. The lowest BCUT2D eigenvalue weighted by Gasteiger charge is -2.14. The Morgan fingerprint density at radius 2 is 2.00 bits per heavy atom. The predicted molar refractivity (Wildman–Crippen MR) is 77.4 cm³/mol. The van der Waals surface area contributed by atoms with Crippen molar-refractivity contribution in [2.75, 3.05) is 0 Å². The lowest BCUT2D eigenvalue weighted by atomic mass is 9.94. The number of rotatable bonds is 3. The molecule has 7 nitrogen and oxygen atoms in total. The first kappa shape index (κ1) is 15.2. The standard InChI is InChI=1S/C14H20N4O3/c1-8-12(18(19)20)9(2)17(16-8)10(3)13-15-7-11(21-13)14(4,5)6/h7,10H,1-6H3. The van der Waals surface area contributed by atoms with Crippen LogP contribution in [0.1, 0.15) is 56.8 Å². The highest BCUT2D eigenvalue weighted by Crippen LogP contribution is 2.29. The minimum Gasteiger partial charge on any atom is -0.443 e. The maximum absolute atomic E-state index is 11.1. The fourth-order valence-electron chi connectivity index (χ4n) is 2.23. The van der Waals surface area contributed by atoms with Crippen LogP contribution in [-0.4, -0.2) is 19.7 Å².